The second kappa shape index (κ2) is 10.4. The number of carbonyl (C=O) groups is 4. The summed E-state index contributed by atoms with van der Waals surface area (Å²) in [5.74, 6) is -3.66. The van der Waals surface area contributed by atoms with Crippen LogP contribution in [0.2, 0.25) is 0 Å². The number of fused-ring (bicyclic) bond motifs is 2. The molecule has 39 heavy (non-hydrogen) atoms. The number of oxime groups is 1. The van der Waals surface area contributed by atoms with Crippen molar-refractivity contribution in [1.82, 2.24) is 19.6 Å². The topological polar surface area (TPSA) is 193 Å². The smallest absolute Gasteiger partial charge is 0.352 e. The van der Waals surface area contributed by atoms with Crippen LogP contribution in [0.15, 0.2) is 58.6 Å². The average Bonchev–Trinajstić information content (AvgIpc) is 3.52. The van der Waals surface area contributed by atoms with Crippen molar-refractivity contribution in [3.8, 4) is 0 Å². The highest BCUT2D eigenvalue weighted by Crippen LogP contribution is 2.40. The molecule has 2 aliphatic rings. The number of nitrogens with one attached hydrogen (secondary N) is 1. The van der Waals surface area contributed by atoms with E-state index in [1.165, 1.54) is 29.0 Å². The number of carboxylic acid groups (broad SMARTS) is 2. The first kappa shape index (κ1) is 26.2. The van der Waals surface area contributed by atoms with Crippen molar-refractivity contribution in [3.05, 3.63) is 59.1 Å². The molecule has 0 radical (unpaired) electrons. The van der Waals surface area contributed by atoms with Crippen LogP contribution in [-0.4, -0.2) is 77.2 Å². The maximum absolute atomic E-state index is 13.1. The predicted octanol–water partition coefficient (Wildman–Crippen LogP) is -0.102. The van der Waals surface area contributed by atoms with Gasteiger partial charge in [0.15, 0.2) is 10.8 Å². The van der Waals surface area contributed by atoms with Gasteiger partial charge in [-0.1, -0.05) is 11.2 Å². The number of aliphatic carboxylic acids is 2. The minimum atomic E-state index is -1.35. The maximum Gasteiger partial charge on any atom is 0.352 e. The molecular formula is C23H22N7O7S2+. The second-order valence-corrected chi connectivity index (χ2v) is 10.6. The lowest BCUT2D eigenvalue weighted by molar-refractivity contribution is -0.662. The number of carboxylic acids is 2. The fraction of sp³-hybridized carbons (Fsp3) is 0.261. The number of hydrogen-bond donors (Lipinski definition) is 4. The van der Waals surface area contributed by atoms with Crippen LogP contribution in [0, 0.1) is 0 Å². The Hall–Kier alpha value is -4.44. The van der Waals surface area contributed by atoms with E-state index in [0.717, 1.165) is 17.0 Å². The van der Waals surface area contributed by atoms with Gasteiger partial charge in [0.25, 0.3) is 17.5 Å². The molecule has 2 aliphatic heterocycles. The Bertz CT molecular complexity index is 1560. The molecule has 3 atom stereocenters. The Morgan fingerprint density at radius 3 is 2.82 bits per heavy atom. The number of hydrogen-bond acceptors (Lipinski definition) is 10. The number of anilines is 1. The van der Waals surface area contributed by atoms with Crippen molar-refractivity contribution in [1.29, 1.82) is 0 Å². The predicted molar refractivity (Wildman–Crippen MR) is 139 cm³/mol. The largest absolute Gasteiger partial charge is 0.478 e. The molecule has 5 rings (SSSR count). The van der Waals surface area contributed by atoms with Crippen LogP contribution in [0.4, 0.5) is 5.13 Å². The number of carbonyl (C=O) groups excluding carboxylic acids is 2. The van der Waals surface area contributed by atoms with E-state index in [1.807, 2.05) is 45.8 Å². The molecule has 0 aliphatic carbocycles. The quantitative estimate of drug-likeness (QED) is 0.116. The van der Waals surface area contributed by atoms with Gasteiger partial charge in [0.1, 0.15) is 41.7 Å². The molecule has 0 spiro atoms. The van der Waals surface area contributed by atoms with Gasteiger partial charge < -0.3 is 26.1 Å². The van der Waals surface area contributed by atoms with Gasteiger partial charge in [-0.05, 0) is 13.0 Å². The van der Waals surface area contributed by atoms with Gasteiger partial charge in [-0.2, -0.15) is 0 Å². The zero-order valence-electron chi connectivity index (χ0n) is 20.3. The number of nitrogen functional groups attached to an aromatic ring is 1. The van der Waals surface area contributed by atoms with E-state index >= 15 is 0 Å². The van der Waals surface area contributed by atoms with Crippen LogP contribution in [0.5, 0.6) is 0 Å². The summed E-state index contributed by atoms with van der Waals surface area (Å²) < 4.78 is 3.79. The number of pyridine rings is 1. The van der Waals surface area contributed by atoms with Crippen LogP contribution < -0.4 is 15.6 Å². The van der Waals surface area contributed by atoms with Gasteiger partial charge in [-0.15, -0.1) is 23.1 Å². The SMILES string of the molecule is CC(O/N=C(\C(=O)N[C@@H]1C(=O)N2C(C(=O)O)=C(C[n+]3ccn4ccccc43)CS[C@H]12)c1csc(N)n1)C(=O)O. The number of amides is 2. The van der Waals surface area contributed by atoms with Crippen molar-refractivity contribution in [2.45, 2.75) is 31.0 Å². The highest BCUT2D eigenvalue weighted by Gasteiger charge is 2.54. The average molecular weight is 573 g/mol. The molecule has 0 aromatic carbocycles. The third kappa shape index (κ3) is 4.90. The first-order valence-corrected chi connectivity index (χ1v) is 13.4. The van der Waals surface area contributed by atoms with Gasteiger partial charge >= 0.3 is 11.9 Å². The summed E-state index contributed by atoms with van der Waals surface area (Å²) in [5, 5.41) is 26.2. The number of thiazole rings is 1. The van der Waals surface area contributed by atoms with Gasteiger partial charge in [-0.25, -0.2) is 23.5 Å². The highest BCUT2D eigenvalue weighted by atomic mass is 32.2. The van der Waals surface area contributed by atoms with Crippen molar-refractivity contribution in [3.63, 3.8) is 0 Å². The molecule has 5 heterocycles. The summed E-state index contributed by atoms with van der Waals surface area (Å²) in [7, 11) is 0. The number of rotatable bonds is 9. The van der Waals surface area contributed by atoms with Crippen molar-refractivity contribution < 1.29 is 38.8 Å². The fourth-order valence-corrected chi connectivity index (χ4v) is 6.06. The van der Waals surface area contributed by atoms with E-state index in [-0.39, 0.29) is 28.8 Å². The summed E-state index contributed by atoms with van der Waals surface area (Å²) in [5.41, 5.74) is 6.63. The molecule has 3 aromatic rings. The van der Waals surface area contributed by atoms with Gasteiger partial charge in [0.2, 0.25) is 6.10 Å². The number of thioether (sulfide) groups is 1. The highest BCUT2D eigenvalue weighted by molar-refractivity contribution is 8.00. The third-order valence-corrected chi connectivity index (χ3v) is 8.11. The van der Waals surface area contributed by atoms with Crippen molar-refractivity contribution >= 4 is 63.3 Å². The summed E-state index contributed by atoms with van der Waals surface area (Å²) in [6.07, 6.45) is 4.21. The minimum Gasteiger partial charge on any atom is -0.478 e. The minimum absolute atomic E-state index is 0.0396. The fourth-order valence-electron chi connectivity index (χ4n) is 4.18. The van der Waals surface area contributed by atoms with E-state index in [2.05, 4.69) is 15.5 Å². The Morgan fingerprint density at radius 1 is 1.33 bits per heavy atom. The third-order valence-electron chi connectivity index (χ3n) is 6.10. The lowest BCUT2D eigenvalue weighted by atomic mass is 10.0. The first-order valence-electron chi connectivity index (χ1n) is 11.5. The zero-order valence-corrected chi connectivity index (χ0v) is 21.9. The maximum atomic E-state index is 13.1. The van der Waals surface area contributed by atoms with E-state index in [4.69, 9.17) is 15.7 Å². The van der Waals surface area contributed by atoms with Crippen LogP contribution in [0.3, 0.4) is 0 Å². The molecule has 14 nitrogen and oxygen atoms in total. The van der Waals surface area contributed by atoms with Crippen LogP contribution in [0.25, 0.3) is 5.65 Å². The Morgan fingerprint density at radius 2 is 2.13 bits per heavy atom. The van der Waals surface area contributed by atoms with Crippen LogP contribution in [-0.2, 0) is 30.6 Å². The molecule has 2 amide bonds. The number of imidazole rings is 1. The molecule has 0 saturated carbocycles. The lowest BCUT2D eigenvalue weighted by Crippen LogP contribution is -2.71. The molecule has 3 aromatic heterocycles. The zero-order chi connectivity index (χ0) is 27.8. The molecule has 202 valence electrons. The first-order chi connectivity index (χ1) is 18.7. The summed E-state index contributed by atoms with van der Waals surface area (Å²) in [4.78, 5) is 59.7. The molecule has 1 fully saturated rings. The molecule has 1 saturated heterocycles. The molecule has 16 heteroatoms. The molecular weight excluding hydrogens is 550 g/mol. The molecule has 0 bridgehead atoms. The van der Waals surface area contributed by atoms with E-state index in [0.29, 0.717) is 11.3 Å². The second-order valence-electron chi connectivity index (χ2n) is 8.61. The van der Waals surface area contributed by atoms with Crippen molar-refractivity contribution in [2.75, 3.05) is 11.5 Å². The number of nitrogens with zero attached hydrogens (tertiary/aromatic N) is 5. The molecule has 1 unspecified atom stereocenters. The van der Waals surface area contributed by atoms with Crippen LogP contribution >= 0.6 is 23.1 Å². The van der Waals surface area contributed by atoms with Gasteiger partial charge in [0, 0.05) is 22.8 Å². The Kier molecular flexibility index (Phi) is 6.96. The number of aromatic nitrogens is 3. The lowest BCUT2D eigenvalue weighted by Gasteiger charge is -2.49. The number of nitrogens with two attached hydrogens (primary N) is 1. The normalized spacial score (nSPS) is 19.9. The van der Waals surface area contributed by atoms with Gasteiger partial charge in [0.05, 0.1) is 6.20 Å². The van der Waals surface area contributed by atoms with E-state index < -0.39 is 41.3 Å². The summed E-state index contributed by atoms with van der Waals surface area (Å²) in [6, 6.07) is 4.61. The molecule has 5 N–H and O–H groups in total. The van der Waals surface area contributed by atoms with E-state index in [9.17, 15) is 24.3 Å². The summed E-state index contributed by atoms with van der Waals surface area (Å²) in [6.45, 7) is 1.50. The van der Waals surface area contributed by atoms with Crippen LogP contribution in [0.1, 0.15) is 12.6 Å². The summed E-state index contributed by atoms with van der Waals surface area (Å²) >= 11 is 2.36. The number of β-lactam (4-membered cyclic amide) rings is 1. The van der Waals surface area contributed by atoms with E-state index in [1.54, 1.807) is 0 Å². The standard InChI is InChI=1S/C23H21N7O7S2/c1-11(21(33)34)37-27-15(13-10-39-23(24)25-13)18(31)26-16-19(32)30-17(22(35)36)12(9-38-20(16)30)8-29-7-6-28-5-3-2-4-14(28)29/h2-7,10-11,16,20H,8-9H2,1H3,(H4-,24,25,26,31,33,34,35,36)/p+1/b27-15-/t11?,16-,20-/m1/s1. The monoisotopic (exact) mass is 572 g/mol. The van der Waals surface area contributed by atoms with Gasteiger partial charge in [-0.3, -0.25) is 14.5 Å². The van der Waals surface area contributed by atoms with Crippen molar-refractivity contribution in [2.24, 2.45) is 5.16 Å². The Balaban J connectivity index is 1.36. The Labute approximate surface area is 228 Å².